The lowest BCUT2D eigenvalue weighted by Crippen LogP contribution is -2.57. The molecule has 4 heterocycles. The summed E-state index contributed by atoms with van der Waals surface area (Å²) < 4.78 is 5.52. The van der Waals surface area contributed by atoms with Crippen molar-refractivity contribution in [3.63, 3.8) is 0 Å². The van der Waals surface area contributed by atoms with Crippen LogP contribution in [0.1, 0.15) is 54.0 Å². The second-order valence-corrected chi connectivity index (χ2v) is 14.3. The molecule has 4 aliphatic rings. The van der Waals surface area contributed by atoms with Gasteiger partial charge in [0, 0.05) is 50.2 Å². The van der Waals surface area contributed by atoms with Gasteiger partial charge in [0.1, 0.15) is 18.4 Å². The number of nitrogens with one attached hydrogen (secondary N) is 4. The van der Waals surface area contributed by atoms with Crippen LogP contribution in [0.25, 0.3) is 0 Å². The van der Waals surface area contributed by atoms with E-state index in [0.717, 1.165) is 27.8 Å². The van der Waals surface area contributed by atoms with E-state index in [1.807, 2.05) is 73.5 Å². The van der Waals surface area contributed by atoms with Crippen molar-refractivity contribution >= 4 is 35.1 Å². The van der Waals surface area contributed by atoms with Gasteiger partial charge in [0.05, 0.1) is 24.0 Å². The third-order valence-electron chi connectivity index (χ3n) is 11.3. The number of fused-ring (bicyclic) bond motifs is 3. The van der Waals surface area contributed by atoms with E-state index in [1.165, 1.54) is 0 Å². The van der Waals surface area contributed by atoms with Gasteiger partial charge in [-0.2, -0.15) is 0 Å². The third kappa shape index (κ3) is 6.75. The van der Waals surface area contributed by atoms with Crippen molar-refractivity contribution in [1.82, 2.24) is 25.4 Å². The van der Waals surface area contributed by atoms with Gasteiger partial charge in [-0.3, -0.25) is 19.2 Å². The van der Waals surface area contributed by atoms with E-state index >= 15 is 0 Å². The molecule has 1 aromatic heterocycles. The molecule has 1 aliphatic carbocycles. The number of amides is 4. The summed E-state index contributed by atoms with van der Waals surface area (Å²) in [6, 6.07) is 17.2. The molecule has 0 unspecified atom stereocenters. The molecular formula is C39H47N7O5. The minimum absolute atomic E-state index is 0.0128. The van der Waals surface area contributed by atoms with Crippen LogP contribution < -0.4 is 21.3 Å². The number of carbonyl (C=O) groups is 4. The van der Waals surface area contributed by atoms with Gasteiger partial charge in [0.2, 0.25) is 23.6 Å². The average molecular weight is 694 g/mol. The lowest BCUT2D eigenvalue weighted by Gasteiger charge is -2.43. The first-order chi connectivity index (χ1) is 24.7. The van der Waals surface area contributed by atoms with Crippen molar-refractivity contribution in [3.05, 3.63) is 88.6 Å². The SMILES string of the molecule is CCC1(C(=O)N(CC(=O)Nc2ccc3c(c2)C[C@@]2(C3)C(=O)Nc3ncccc32)Cc2ccccc2CNC)CCN(C(=O)[C@@H]2COCCN2)CC1. The summed E-state index contributed by atoms with van der Waals surface area (Å²) >= 11 is 0. The first-order valence-corrected chi connectivity index (χ1v) is 18.0. The Labute approximate surface area is 298 Å². The number of hydrogen-bond donors (Lipinski definition) is 4. The van der Waals surface area contributed by atoms with Crippen LogP contribution in [0.2, 0.25) is 0 Å². The Morgan fingerprint density at radius 3 is 2.57 bits per heavy atom. The maximum Gasteiger partial charge on any atom is 0.244 e. The van der Waals surface area contributed by atoms with Gasteiger partial charge in [-0.25, -0.2) is 4.98 Å². The minimum atomic E-state index is -0.701. The van der Waals surface area contributed by atoms with E-state index in [9.17, 15) is 19.2 Å². The van der Waals surface area contributed by atoms with Crippen LogP contribution in [0.5, 0.6) is 0 Å². The number of benzene rings is 2. The molecule has 2 aromatic carbocycles. The number of anilines is 2. The van der Waals surface area contributed by atoms with Crippen molar-refractivity contribution in [1.29, 1.82) is 0 Å². The molecule has 4 amide bonds. The predicted octanol–water partition coefficient (Wildman–Crippen LogP) is 2.76. The summed E-state index contributed by atoms with van der Waals surface area (Å²) in [4.78, 5) is 62.8. The molecule has 268 valence electrons. The Kier molecular flexibility index (Phi) is 9.91. The lowest BCUT2D eigenvalue weighted by atomic mass is 9.74. The van der Waals surface area contributed by atoms with Gasteiger partial charge in [0.15, 0.2) is 0 Å². The van der Waals surface area contributed by atoms with Crippen LogP contribution in [0.3, 0.4) is 0 Å². The number of ether oxygens (including phenoxy) is 1. The molecule has 12 heteroatoms. The number of piperidine rings is 1. The summed E-state index contributed by atoms with van der Waals surface area (Å²) in [6.07, 6.45) is 4.43. The Balaban J connectivity index is 1.08. The van der Waals surface area contributed by atoms with Gasteiger partial charge in [-0.1, -0.05) is 43.3 Å². The number of pyridine rings is 1. The number of nitrogens with zero attached hydrogens (tertiary/aromatic N) is 3. The monoisotopic (exact) mass is 693 g/mol. The number of hydrogen-bond acceptors (Lipinski definition) is 8. The summed E-state index contributed by atoms with van der Waals surface area (Å²) in [7, 11) is 1.89. The van der Waals surface area contributed by atoms with Crippen molar-refractivity contribution < 1.29 is 23.9 Å². The summed E-state index contributed by atoms with van der Waals surface area (Å²) in [5, 5.41) is 12.5. The zero-order valence-electron chi connectivity index (χ0n) is 29.4. The first-order valence-electron chi connectivity index (χ1n) is 18.0. The fourth-order valence-corrected chi connectivity index (χ4v) is 8.35. The zero-order valence-corrected chi connectivity index (χ0v) is 29.4. The fourth-order valence-electron chi connectivity index (χ4n) is 8.35. The molecule has 3 aliphatic heterocycles. The normalized spacial score (nSPS) is 21.9. The maximum atomic E-state index is 14.7. The Hall–Kier alpha value is -4.65. The number of aromatic nitrogens is 1. The van der Waals surface area contributed by atoms with Crippen molar-refractivity contribution in [3.8, 4) is 0 Å². The summed E-state index contributed by atoms with van der Waals surface area (Å²) in [6.45, 7) is 5.36. The number of likely N-dealkylation sites (tertiary alicyclic amines) is 1. The molecule has 7 rings (SSSR count). The molecule has 2 atom stereocenters. The van der Waals surface area contributed by atoms with Crippen LogP contribution in [-0.2, 0) is 55.3 Å². The molecule has 0 bridgehead atoms. The molecule has 51 heavy (non-hydrogen) atoms. The Morgan fingerprint density at radius 2 is 1.82 bits per heavy atom. The standard InChI is InChI=1S/C39H47N7O5/c1-3-38(12-16-45(17-13-38)35(48)32-25-51-18-15-41-32)37(50)46(23-28-8-5-4-7-27(28)22-40-2)24-33(47)43-30-11-10-26-20-39(21-29(26)19-30)31-9-6-14-42-34(31)44-36(39)49/h4-11,14,19,32,40-41H,3,12-13,15-18,20-25H2,1-2H3,(H,43,47)(H,42,44,49)/t32-,39+/m0/s1. The third-order valence-corrected chi connectivity index (χ3v) is 11.3. The van der Waals surface area contributed by atoms with Gasteiger partial charge in [-0.15, -0.1) is 0 Å². The molecule has 12 nitrogen and oxygen atoms in total. The average Bonchev–Trinajstić information content (AvgIpc) is 3.68. The van der Waals surface area contributed by atoms with E-state index in [0.29, 0.717) is 83.0 Å². The molecular weight excluding hydrogens is 646 g/mol. The number of carbonyl (C=O) groups excluding carboxylic acids is 4. The smallest absolute Gasteiger partial charge is 0.244 e. The predicted molar refractivity (Wildman–Crippen MR) is 193 cm³/mol. The van der Waals surface area contributed by atoms with Crippen molar-refractivity contribution in [2.45, 2.75) is 63.6 Å². The molecule has 2 saturated heterocycles. The quantitative estimate of drug-likeness (QED) is 0.254. The highest BCUT2D eigenvalue weighted by Crippen LogP contribution is 2.47. The minimum Gasteiger partial charge on any atom is -0.378 e. The second-order valence-electron chi connectivity index (χ2n) is 14.3. The van der Waals surface area contributed by atoms with E-state index in [-0.39, 0.29) is 42.8 Å². The van der Waals surface area contributed by atoms with Crippen molar-refractivity contribution in [2.24, 2.45) is 5.41 Å². The van der Waals surface area contributed by atoms with Gasteiger partial charge in [0.25, 0.3) is 0 Å². The molecule has 0 saturated carbocycles. The highest BCUT2D eigenvalue weighted by Gasteiger charge is 2.51. The first kappa shape index (κ1) is 34.8. The second kappa shape index (κ2) is 14.5. The van der Waals surface area contributed by atoms with E-state index in [4.69, 9.17) is 4.74 Å². The highest BCUT2D eigenvalue weighted by molar-refractivity contribution is 6.06. The highest BCUT2D eigenvalue weighted by atomic mass is 16.5. The lowest BCUT2D eigenvalue weighted by molar-refractivity contribution is -0.151. The van der Waals surface area contributed by atoms with E-state index < -0.39 is 10.8 Å². The summed E-state index contributed by atoms with van der Waals surface area (Å²) in [5.74, 6) is 0.214. The largest absolute Gasteiger partial charge is 0.378 e. The molecule has 3 aromatic rings. The zero-order chi connectivity index (χ0) is 35.6. The summed E-state index contributed by atoms with van der Waals surface area (Å²) in [5.41, 5.74) is 4.25. The topological polar surface area (TPSA) is 145 Å². The maximum absolute atomic E-state index is 14.7. The molecule has 2 fully saturated rings. The molecule has 0 radical (unpaired) electrons. The Morgan fingerprint density at radius 1 is 1.04 bits per heavy atom. The number of rotatable bonds is 10. The van der Waals surface area contributed by atoms with Crippen LogP contribution in [0, 0.1) is 5.41 Å². The van der Waals surface area contributed by atoms with Crippen LogP contribution >= 0.6 is 0 Å². The fraction of sp³-hybridized carbons (Fsp3) is 0.462. The van der Waals surface area contributed by atoms with E-state index in [1.54, 1.807) is 11.1 Å². The van der Waals surface area contributed by atoms with E-state index in [2.05, 4.69) is 26.3 Å². The van der Waals surface area contributed by atoms with Crippen molar-refractivity contribution in [2.75, 3.05) is 57.1 Å². The van der Waals surface area contributed by atoms with Gasteiger partial charge >= 0.3 is 0 Å². The Bertz CT molecular complexity index is 1820. The number of morpholine rings is 1. The molecule has 4 N–H and O–H groups in total. The molecule has 1 spiro atoms. The van der Waals surface area contributed by atoms with Crippen LogP contribution in [-0.4, -0.2) is 90.9 Å². The van der Waals surface area contributed by atoms with Gasteiger partial charge in [-0.05, 0) is 79.6 Å². The van der Waals surface area contributed by atoms with Crippen LogP contribution in [0.4, 0.5) is 11.5 Å². The van der Waals surface area contributed by atoms with Gasteiger partial charge < -0.3 is 35.8 Å². The van der Waals surface area contributed by atoms with Crippen LogP contribution in [0.15, 0.2) is 60.8 Å².